The number of aromatic nitrogens is 1. The van der Waals surface area contributed by atoms with Crippen molar-refractivity contribution in [3.05, 3.63) is 53.0 Å². The number of thiazole rings is 1. The number of hydrogen-bond donors (Lipinski definition) is 1. The molecule has 0 fully saturated rings. The molecule has 3 rings (SSSR count). The first-order valence-electron chi connectivity index (χ1n) is 7.44. The largest absolute Gasteiger partial charge is 0.315 e. The van der Waals surface area contributed by atoms with Crippen LogP contribution in [-0.4, -0.2) is 12.0 Å². The highest BCUT2D eigenvalue weighted by molar-refractivity contribution is 7.15. The zero-order valence-electron chi connectivity index (χ0n) is 12.5. The molecule has 2 aromatic carbocycles. The quantitative estimate of drug-likeness (QED) is 0.742. The van der Waals surface area contributed by atoms with Crippen LogP contribution in [0.3, 0.4) is 0 Å². The Labute approximate surface area is 129 Å². The lowest BCUT2D eigenvalue weighted by Gasteiger charge is -2.00. The Balaban J connectivity index is 2.02. The molecule has 1 aromatic heterocycles. The fourth-order valence-corrected chi connectivity index (χ4v) is 3.68. The molecule has 0 unspecified atom stereocenters. The molecular weight excluding hydrogens is 276 g/mol. The van der Waals surface area contributed by atoms with E-state index >= 15 is 0 Å². The first kappa shape index (κ1) is 14.2. The van der Waals surface area contributed by atoms with Crippen LogP contribution in [0.15, 0.2) is 42.5 Å². The maximum absolute atomic E-state index is 4.87. The normalized spacial score (nSPS) is 11.1. The molecule has 3 heteroatoms. The SMILES string of the molecule is CCCc1nc(-c2ccc3ccccc3c2)sc1CNC. The van der Waals surface area contributed by atoms with Gasteiger partial charge >= 0.3 is 0 Å². The minimum absolute atomic E-state index is 0.903. The summed E-state index contributed by atoms with van der Waals surface area (Å²) in [5.74, 6) is 0. The maximum Gasteiger partial charge on any atom is 0.123 e. The highest BCUT2D eigenvalue weighted by Gasteiger charge is 2.11. The van der Waals surface area contributed by atoms with Gasteiger partial charge in [-0.3, -0.25) is 0 Å². The molecule has 0 atom stereocenters. The smallest absolute Gasteiger partial charge is 0.123 e. The Kier molecular flexibility index (Phi) is 4.32. The van der Waals surface area contributed by atoms with E-state index in [1.165, 1.54) is 26.9 Å². The predicted molar refractivity (Wildman–Crippen MR) is 91.8 cm³/mol. The van der Waals surface area contributed by atoms with Gasteiger partial charge in [-0.2, -0.15) is 0 Å². The van der Waals surface area contributed by atoms with Crippen molar-refractivity contribution in [1.82, 2.24) is 10.3 Å². The summed E-state index contributed by atoms with van der Waals surface area (Å²) in [4.78, 5) is 6.24. The van der Waals surface area contributed by atoms with E-state index in [1.54, 1.807) is 0 Å². The maximum atomic E-state index is 4.87. The van der Waals surface area contributed by atoms with Gasteiger partial charge in [-0.15, -0.1) is 11.3 Å². The summed E-state index contributed by atoms with van der Waals surface area (Å²) in [5.41, 5.74) is 2.47. The van der Waals surface area contributed by atoms with E-state index in [4.69, 9.17) is 4.98 Å². The monoisotopic (exact) mass is 296 g/mol. The molecule has 0 radical (unpaired) electrons. The van der Waals surface area contributed by atoms with Crippen molar-refractivity contribution < 1.29 is 0 Å². The van der Waals surface area contributed by atoms with Gasteiger partial charge in [0.05, 0.1) is 5.69 Å². The second kappa shape index (κ2) is 6.37. The third-order valence-electron chi connectivity index (χ3n) is 3.60. The highest BCUT2D eigenvalue weighted by Crippen LogP contribution is 2.31. The van der Waals surface area contributed by atoms with Gasteiger partial charge in [0.1, 0.15) is 5.01 Å². The van der Waals surface area contributed by atoms with Gasteiger partial charge in [0.25, 0.3) is 0 Å². The molecule has 0 saturated heterocycles. The minimum atomic E-state index is 0.903. The lowest BCUT2D eigenvalue weighted by atomic mass is 10.1. The van der Waals surface area contributed by atoms with Crippen molar-refractivity contribution in [2.75, 3.05) is 7.05 Å². The summed E-state index contributed by atoms with van der Waals surface area (Å²) < 4.78 is 0. The van der Waals surface area contributed by atoms with Crippen LogP contribution in [-0.2, 0) is 13.0 Å². The zero-order valence-corrected chi connectivity index (χ0v) is 13.3. The van der Waals surface area contributed by atoms with E-state index in [1.807, 2.05) is 18.4 Å². The van der Waals surface area contributed by atoms with Crippen LogP contribution in [0.1, 0.15) is 23.9 Å². The Hall–Kier alpha value is -1.71. The van der Waals surface area contributed by atoms with Crippen LogP contribution in [0, 0.1) is 0 Å². The molecule has 0 saturated carbocycles. The molecule has 1 N–H and O–H groups in total. The van der Waals surface area contributed by atoms with Crippen LogP contribution >= 0.6 is 11.3 Å². The molecule has 2 nitrogen and oxygen atoms in total. The molecule has 0 amide bonds. The molecular formula is C18H20N2S. The van der Waals surface area contributed by atoms with E-state index in [-0.39, 0.29) is 0 Å². The average Bonchev–Trinajstić information content (AvgIpc) is 2.91. The number of nitrogens with one attached hydrogen (secondary N) is 1. The number of hydrogen-bond acceptors (Lipinski definition) is 3. The molecule has 21 heavy (non-hydrogen) atoms. The third-order valence-corrected chi connectivity index (χ3v) is 4.75. The van der Waals surface area contributed by atoms with Crippen LogP contribution in [0.4, 0.5) is 0 Å². The Bertz CT molecular complexity index is 722. The van der Waals surface area contributed by atoms with E-state index in [0.29, 0.717) is 0 Å². The fraction of sp³-hybridized carbons (Fsp3) is 0.278. The summed E-state index contributed by atoms with van der Waals surface area (Å²) in [6.45, 7) is 3.11. The van der Waals surface area contributed by atoms with Crippen molar-refractivity contribution in [1.29, 1.82) is 0 Å². The van der Waals surface area contributed by atoms with Gasteiger partial charge in [-0.25, -0.2) is 4.98 Å². The van der Waals surface area contributed by atoms with Gasteiger partial charge in [-0.1, -0.05) is 49.7 Å². The molecule has 0 bridgehead atoms. The number of nitrogens with zero attached hydrogens (tertiary/aromatic N) is 1. The predicted octanol–water partition coefficient (Wildman–Crippen LogP) is 4.64. The number of rotatable bonds is 5. The van der Waals surface area contributed by atoms with Crippen LogP contribution in [0.5, 0.6) is 0 Å². The molecule has 0 aliphatic carbocycles. The Morgan fingerprint density at radius 3 is 2.67 bits per heavy atom. The minimum Gasteiger partial charge on any atom is -0.315 e. The molecule has 0 spiro atoms. The molecule has 3 aromatic rings. The fourth-order valence-electron chi connectivity index (χ4n) is 2.56. The van der Waals surface area contributed by atoms with Crippen LogP contribution in [0.25, 0.3) is 21.3 Å². The van der Waals surface area contributed by atoms with E-state index in [2.05, 4.69) is 54.7 Å². The van der Waals surface area contributed by atoms with Crippen molar-refractivity contribution in [2.24, 2.45) is 0 Å². The summed E-state index contributed by atoms with van der Waals surface area (Å²) >= 11 is 1.81. The van der Waals surface area contributed by atoms with Gasteiger partial charge in [0.15, 0.2) is 0 Å². The molecule has 0 aliphatic rings. The summed E-state index contributed by atoms with van der Waals surface area (Å²) in [6, 6.07) is 15.1. The topological polar surface area (TPSA) is 24.9 Å². The first-order valence-corrected chi connectivity index (χ1v) is 8.26. The van der Waals surface area contributed by atoms with Gasteiger partial charge in [-0.05, 0) is 30.3 Å². The second-order valence-corrected chi connectivity index (χ2v) is 6.31. The standard InChI is InChI=1S/C18H20N2S/c1-3-6-16-17(12-19-2)21-18(20-16)15-10-9-13-7-4-5-8-14(13)11-15/h4-5,7-11,19H,3,6,12H2,1-2H3. The zero-order chi connectivity index (χ0) is 14.7. The van der Waals surface area contributed by atoms with E-state index < -0.39 is 0 Å². The third kappa shape index (κ3) is 2.99. The average molecular weight is 296 g/mol. The summed E-state index contributed by atoms with van der Waals surface area (Å²) in [7, 11) is 1.99. The number of aryl methyl sites for hydroxylation is 1. The first-order chi connectivity index (χ1) is 10.3. The van der Waals surface area contributed by atoms with Gasteiger partial charge in [0.2, 0.25) is 0 Å². The van der Waals surface area contributed by atoms with E-state index in [9.17, 15) is 0 Å². The van der Waals surface area contributed by atoms with Gasteiger partial charge < -0.3 is 5.32 Å². The molecule has 108 valence electrons. The van der Waals surface area contributed by atoms with Crippen molar-refractivity contribution in [3.8, 4) is 10.6 Å². The van der Waals surface area contributed by atoms with Crippen molar-refractivity contribution >= 4 is 22.1 Å². The second-order valence-electron chi connectivity index (χ2n) is 5.23. The van der Waals surface area contributed by atoms with Gasteiger partial charge in [0, 0.05) is 17.0 Å². The number of fused-ring (bicyclic) bond motifs is 1. The summed E-state index contributed by atoms with van der Waals surface area (Å²) in [5, 5.41) is 6.94. The molecule has 1 heterocycles. The lowest BCUT2D eigenvalue weighted by Crippen LogP contribution is -2.05. The molecule has 0 aliphatic heterocycles. The Morgan fingerprint density at radius 1 is 1.10 bits per heavy atom. The van der Waals surface area contributed by atoms with Crippen LogP contribution in [0.2, 0.25) is 0 Å². The van der Waals surface area contributed by atoms with Crippen molar-refractivity contribution in [2.45, 2.75) is 26.3 Å². The summed E-state index contributed by atoms with van der Waals surface area (Å²) in [6.07, 6.45) is 2.19. The number of benzene rings is 2. The lowest BCUT2D eigenvalue weighted by molar-refractivity contribution is 0.798. The Morgan fingerprint density at radius 2 is 1.90 bits per heavy atom. The van der Waals surface area contributed by atoms with Crippen molar-refractivity contribution in [3.63, 3.8) is 0 Å². The van der Waals surface area contributed by atoms with Crippen LogP contribution < -0.4 is 5.32 Å². The highest BCUT2D eigenvalue weighted by atomic mass is 32.1. The van der Waals surface area contributed by atoms with E-state index in [0.717, 1.165) is 24.4 Å².